The molecule has 0 bridgehead atoms. The number of halogens is 6. The zero-order valence-electron chi connectivity index (χ0n) is 29.6. The highest BCUT2D eigenvalue weighted by molar-refractivity contribution is 6.31. The molecule has 7 rings (SSSR count). The minimum atomic E-state index is -4.83. The molecule has 2 aromatic heterocycles. The minimum Gasteiger partial charge on any atom is -0.467 e. The second-order valence-electron chi connectivity index (χ2n) is 12.9. The summed E-state index contributed by atoms with van der Waals surface area (Å²) >= 11 is 5.85. The summed E-state index contributed by atoms with van der Waals surface area (Å²) in [7, 11) is 1.31. The lowest BCUT2D eigenvalue weighted by atomic mass is 10.0. The van der Waals surface area contributed by atoms with Crippen LogP contribution < -0.4 is 9.64 Å². The van der Waals surface area contributed by atoms with Gasteiger partial charge in [-0.05, 0) is 31.9 Å². The molecule has 2 atom stereocenters. The van der Waals surface area contributed by atoms with Crippen LogP contribution in [0.3, 0.4) is 0 Å². The van der Waals surface area contributed by atoms with Crippen molar-refractivity contribution in [2.75, 3.05) is 84.1 Å². The number of methoxy groups -OCH3 is 1. The van der Waals surface area contributed by atoms with Gasteiger partial charge in [-0.25, -0.2) is 8.78 Å². The number of alkyl halides is 4. The molecule has 4 saturated heterocycles. The predicted molar refractivity (Wildman–Crippen MR) is 190 cm³/mol. The molecule has 0 N–H and O–H groups in total. The van der Waals surface area contributed by atoms with Crippen LogP contribution in [0.25, 0.3) is 22.2 Å². The van der Waals surface area contributed by atoms with Crippen molar-refractivity contribution in [3.8, 4) is 23.3 Å². The first kappa shape index (κ1) is 40.0. The van der Waals surface area contributed by atoms with E-state index in [-0.39, 0.29) is 22.8 Å². The number of anilines is 1. The number of carbonyl (C=O) groups is 1. The number of aromatic nitrogens is 3. The molecule has 2 unspecified atom stereocenters. The van der Waals surface area contributed by atoms with E-state index in [0.717, 1.165) is 38.2 Å². The third kappa shape index (κ3) is 9.88. The molecule has 6 heterocycles. The maximum atomic E-state index is 15.8. The summed E-state index contributed by atoms with van der Waals surface area (Å²) < 4.78 is 80.3. The molecule has 4 aliphatic rings. The van der Waals surface area contributed by atoms with Gasteiger partial charge in [-0.2, -0.15) is 28.4 Å². The summed E-state index contributed by atoms with van der Waals surface area (Å²) in [5, 5.41) is 6.95. The average Bonchev–Trinajstić information content (AvgIpc) is 3.73. The number of hydrogen-bond donors (Lipinski definition) is 0. The number of amides is 1. The van der Waals surface area contributed by atoms with Crippen molar-refractivity contribution in [3.63, 3.8) is 0 Å². The van der Waals surface area contributed by atoms with Crippen LogP contribution in [0, 0.1) is 17.1 Å². The zero-order chi connectivity index (χ0) is 38.1. The quantitative estimate of drug-likeness (QED) is 0.227. The molecule has 4 aliphatic heterocycles. The van der Waals surface area contributed by atoms with Crippen molar-refractivity contribution in [2.45, 2.75) is 44.6 Å². The van der Waals surface area contributed by atoms with Crippen LogP contribution in [-0.4, -0.2) is 127 Å². The Bertz CT molecular complexity index is 1780. The molecule has 0 radical (unpaired) electrons. The van der Waals surface area contributed by atoms with Gasteiger partial charge in [0.1, 0.15) is 23.2 Å². The Morgan fingerprint density at radius 3 is 2.51 bits per heavy atom. The highest BCUT2D eigenvalue weighted by atomic mass is 35.5. The number of hydrogen-bond acceptors (Lipinski definition) is 10. The average molecular weight is 765 g/mol. The maximum Gasteiger partial charge on any atom is 0.418 e. The van der Waals surface area contributed by atoms with Gasteiger partial charge in [0.2, 0.25) is 5.91 Å². The summed E-state index contributed by atoms with van der Waals surface area (Å²) in [6, 6.07) is 5.69. The van der Waals surface area contributed by atoms with Gasteiger partial charge in [-0.3, -0.25) is 19.6 Å². The van der Waals surface area contributed by atoms with Crippen LogP contribution in [0.5, 0.6) is 6.01 Å². The number of nitrogens with zero attached hydrogens (tertiary/aromatic N) is 8. The Balaban J connectivity index is 0.000000382. The molecule has 53 heavy (non-hydrogen) atoms. The summed E-state index contributed by atoms with van der Waals surface area (Å²) in [6.45, 7) is 8.52. The summed E-state index contributed by atoms with van der Waals surface area (Å²) in [5.41, 5.74) is -2.47. The Morgan fingerprint density at radius 1 is 1.13 bits per heavy atom. The molecule has 0 aliphatic carbocycles. The third-order valence-electron chi connectivity index (χ3n) is 9.46. The fourth-order valence-electron chi connectivity index (χ4n) is 6.91. The molecule has 0 saturated carbocycles. The van der Waals surface area contributed by atoms with Crippen molar-refractivity contribution in [2.24, 2.45) is 0 Å². The highest BCUT2D eigenvalue weighted by Crippen LogP contribution is 2.42. The van der Waals surface area contributed by atoms with Gasteiger partial charge in [0.05, 0.1) is 42.4 Å². The summed E-state index contributed by atoms with van der Waals surface area (Å²) in [6.07, 6.45) is 2.64. The SMILES string of the molecule is CC#N.COc1nc(N2CCN(C(=O)/C=C/CN3CCOCC3)CC2)c2cnc(-c3cccc(Cl)c3C(F)(F)F)c(F)c2n1.FC1CC2CCCN2C1. The fourth-order valence-corrected chi connectivity index (χ4v) is 7.19. The molecule has 4 fully saturated rings. The molecule has 1 amide bonds. The monoisotopic (exact) mass is 764 g/mol. The highest BCUT2D eigenvalue weighted by Gasteiger charge is 2.38. The van der Waals surface area contributed by atoms with Crippen LogP contribution in [0.1, 0.15) is 31.7 Å². The van der Waals surface area contributed by atoms with E-state index < -0.39 is 40.0 Å². The van der Waals surface area contributed by atoms with Crippen LogP contribution in [0.4, 0.5) is 27.8 Å². The van der Waals surface area contributed by atoms with Gasteiger partial charge < -0.3 is 19.3 Å². The number of morpholine rings is 1. The number of fused-ring (bicyclic) bond motifs is 2. The molecule has 11 nitrogen and oxygen atoms in total. The Hall–Kier alpha value is -4.17. The van der Waals surface area contributed by atoms with Gasteiger partial charge >= 0.3 is 12.2 Å². The summed E-state index contributed by atoms with van der Waals surface area (Å²) in [4.78, 5) is 33.3. The van der Waals surface area contributed by atoms with E-state index in [1.54, 1.807) is 17.0 Å². The number of nitriles is 1. The largest absolute Gasteiger partial charge is 0.467 e. The zero-order valence-corrected chi connectivity index (χ0v) is 30.3. The molecule has 1 aromatic carbocycles. The standard InChI is InChI=1S/C27H27ClF4N6O3.C7H12FN.C2H3N/c1-40-26-34-24-18(16-33-23(22(24)29)17-4-2-5-19(28)21(17)27(30,31)32)25(35-26)38-10-8-37(9-11-38)20(39)6-3-7-36-12-14-41-15-13-36;8-6-4-7-2-1-3-9(7)5-6;1-2-3/h2-6,16H,7-15H2,1H3;6-7H,1-5H2;1H3/b6-3+;;. The van der Waals surface area contributed by atoms with E-state index in [1.165, 1.54) is 39.1 Å². The van der Waals surface area contributed by atoms with Crippen molar-refractivity contribution in [1.82, 2.24) is 29.7 Å². The number of carbonyl (C=O) groups excluding carboxylic acids is 1. The molecule has 286 valence electrons. The normalized spacial score (nSPS) is 20.7. The number of rotatable bonds is 6. The maximum absolute atomic E-state index is 15.8. The van der Waals surface area contributed by atoms with Crippen molar-refractivity contribution in [1.29, 1.82) is 5.26 Å². The van der Waals surface area contributed by atoms with E-state index in [9.17, 15) is 22.4 Å². The minimum absolute atomic E-state index is 0.109. The van der Waals surface area contributed by atoms with Gasteiger partial charge in [0, 0.05) is 83.2 Å². The predicted octanol–water partition coefficient (Wildman–Crippen LogP) is 5.77. The van der Waals surface area contributed by atoms with Gasteiger partial charge in [-0.1, -0.05) is 29.8 Å². The lowest BCUT2D eigenvalue weighted by Gasteiger charge is -2.35. The fraction of sp³-hybridized carbons (Fsp3) is 0.528. The number of pyridine rings is 1. The van der Waals surface area contributed by atoms with Gasteiger partial charge in [0.15, 0.2) is 5.82 Å². The Morgan fingerprint density at radius 2 is 1.85 bits per heavy atom. The van der Waals surface area contributed by atoms with E-state index >= 15 is 4.39 Å². The third-order valence-corrected chi connectivity index (χ3v) is 9.77. The number of benzene rings is 1. The molecular formula is C36H42ClF5N8O3. The van der Waals surface area contributed by atoms with E-state index in [0.29, 0.717) is 64.3 Å². The first-order chi connectivity index (χ1) is 25.4. The van der Waals surface area contributed by atoms with Crippen LogP contribution in [-0.2, 0) is 15.7 Å². The lowest BCUT2D eigenvalue weighted by molar-refractivity contribution is -0.137. The molecule has 0 spiro atoms. The van der Waals surface area contributed by atoms with Crippen LogP contribution >= 0.6 is 11.6 Å². The second kappa shape index (κ2) is 18.2. The lowest BCUT2D eigenvalue weighted by Crippen LogP contribution is -2.48. The first-order valence-corrected chi connectivity index (χ1v) is 17.8. The van der Waals surface area contributed by atoms with Crippen molar-refractivity contribution >= 4 is 34.2 Å². The number of ether oxygens (including phenoxy) is 2. The van der Waals surface area contributed by atoms with E-state index in [4.69, 9.17) is 26.3 Å². The van der Waals surface area contributed by atoms with Crippen LogP contribution in [0.15, 0.2) is 36.5 Å². The van der Waals surface area contributed by atoms with Crippen LogP contribution in [0.2, 0.25) is 5.02 Å². The smallest absolute Gasteiger partial charge is 0.418 e. The topological polar surface area (TPSA) is 111 Å². The van der Waals surface area contributed by atoms with Crippen molar-refractivity contribution in [3.05, 3.63) is 53.0 Å². The van der Waals surface area contributed by atoms with E-state index in [2.05, 4.69) is 24.8 Å². The Kier molecular flexibility index (Phi) is 13.8. The second-order valence-corrected chi connectivity index (χ2v) is 13.3. The van der Waals surface area contributed by atoms with Gasteiger partial charge in [-0.15, -0.1) is 0 Å². The summed E-state index contributed by atoms with van der Waals surface area (Å²) in [5.74, 6) is -0.860. The Labute approximate surface area is 309 Å². The molecule has 17 heteroatoms. The van der Waals surface area contributed by atoms with Crippen molar-refractivity contribution < 1.29 is 36.2 Å². The van der Waals surface area contributed by atoms with Gasteiger partial charge in [0.25, 0.3) is 0 Å². The molecule has 3 aromatic rings. The van der Waals surface area contributed by atoms with E-state index in [1.807, 2.05) is 11.0 Å². The molecular weight excluding hydrogens is 723 g/mol. The first-order valence-electron chi connectivity index (χ1n) is 17.4. The number of piperazine rings is 1.